The molecular formula is C18H24N2O4. The van der Waals surface area contributed by atoms with Crippen molar-refractivity contribution in [2.24, 2.45) is 5.92 Å². The predicted molar refractivity (Wildman–Crippen MR) is 88.5 cm³/mol. The molecule has 2 N–H and O–H groups in total. The molecule has 2 heterocycles. The third-order valence-electron chi connectivity index (χ3n) is 4.91. The summed E-state index contributed by atoms with van der Waals surface area (Å²) >= 11 is 0. The predicted octanol–water partition coefficient (Wildman–Crippen LogP) is 1.25. The average Bonchev–Trinajstić information content (AvgIpc) is 2.96. The van der Waals surface area contributed by atoms with Crippen LogP contribution in [0.15, 0.2) is 24.3 Å². The van der Waals surface area contributed by atoms with E-state index >= 15 is 0 Å². The van der Waals surface area contributed by atoms with Gasteiger partial charge in [-0.2, -0.15) is 0 Å². The van der Waals surface area contributed by atoms with Crippen LogP contribution in [0, 0.1) is 5.92 Å². The van der Waals surface area contributed by atoms with Crippen LogP contribution in [0.25, 0.3) is 0 Å². The van der Waals surface area contributed by atoms with Crippen molar-refractivity contribution in [2.75, 3.05) is 20.2 Å². The highest BCUT2D eigenvalue weighted by atomic mass is 16.5. The number of carbonyl (C=O) groups excluding carboxylic acids is 2. The van der Waals surface area contributed by atoms with Gasteiger partial charge in [0, 0.05) is 19.0 Å². The Morgan fingerprint density at radius 2 is 2.12 bits per heavy atom. The number of methoxy groups -OCH3 is 1. The quantitative estimate of drug-likeness (QED) is 0.812. The summed E-state index contributed by atoms with van der Waals surface area (Å²) in [5.74, 6) is -0.0311. The van der Waals surface area contributed by atoms with Crippen molar-refractivity contribution < 1.29 is 19.1 Å². The lowest BCUT2D eigenvalue weighted by Crippen LogP contribution is -2.44. The molecule has 3 rings (SSSR count). The van der Waals surface area contributed by atoms with Gasteiger partial charge in [-0.15, -0.1) is 0 Å². The molecule has 6 heteroatoms. The minimum Gasteiger partial charge on any atom is -0.465 e. The first-order valence-electron chi connectivity index (χ1n) is 8.36. The van der Waals surface area contributed by atoms with Gasteiger partial charge in [-0.25, -0.2) is 4.79 Å². The fourth-order valence-electron chi connectivity index (χ4n) is 3.53. The van der Waals surface area contributed by atoms with Gasteiger partial charge in [0.05, 0.1) is 18.8 Å². The van der Waals surface area contributed by atoms with Crippen LogP contribution < -0.4 is 10.6 Å². The molecule has 2 aliphatic rings. The summed E-state index contributed by atoms with van der Waals surface area (Å²) < 4.78 is 10.7. The fraction of sp³-hybridized carbons (Fsp3) is 0.556. The summed E-state index contributed by atoms with van der Waals surface area (Å²) in [6.07, 6.45) is 1.89. The standard InChI is InChI=1S/C18H24N2O4/c1-18(9-14-11-19-8-7-15(14)24-18)17(22)20-10-12-3-5-13(6-4-12)16(21)23-2/h3-6,14-15,19H,7-11H2,1-2H3,(H,20,22)/t14-,15+,18-/m1/s1. The topological polar surface area (TPSA) is 76.7 Å². The normalized spacial score (nSPS) is 28.9. The Balaban J connectivity index is 1.56. The Kier molecular flexibility index (Phi) is 4.87. The van der Waals surface area contributed by atoms with E-state index < -0.39 is 5.60 Å². The minimum atomic E-state index is -0.757. The summed E-state index contributed by atoms with van der Waals surface area (Å²) in [4.78, 5) is 24.0. The van der Waals surface area contributed by atoms with Crippen LogP contribution in [0.4, 0.5) is 0 Å². The molecule has 0 unspecified atom stereocenters. The first-order chi connectivity index (χ1) is 11.5. The maximum Gasteiger partial charge on any atom is 0.337 e. The number of esters is 1. The lowest BCUT2D eigenvalue weighted by atomic mass is 9.89. The molecule has 1 amide bonds. The van der Waals surface area contributed by atoms with Crippen molar-refractivity contribution >= 4 is 11.9 Å². The molecule has 2 fully saturated rings. The Hall–Kier alpha value is -1.92. The molecule has 2 aliphatic heterocycles. The van der Waals surface area contributed by atoms with Crippen molar-refractivity contribution in [1.29, 1.82) is 0 Å². The number of hydrogen-bond acceptors (Lipinski definition) is 5. The van der Waals surface area contributed by atoms with Gasteiger partial charge in [0.15, 0.2) is 0 Å². The molecule has 0 radical (unpaired) electrons. The number of piperidine rings is 1. The van der Waals surface area contributed by atoms with Gasteiger partial charge in [0.25, 0.3) is 5.91 Å². The number of fused-ring (bicyclic) bond motifs is 1. The molecular weight excluding hydrogens is 308 g/mol. The average molecular weight is 332 g/mol. The maximum atomic E-state index is 12.6. The molecule has 0 spiro atoms. The van der Waals surface area contributed by atoms with Crippen molar-refractivity contribution in [3.63, 3.8) is 0 Å². The zero-order valence-electron chi connectivity index (χ0n) is 14.1. The smallest absolute Gasteiger partial charge is 0.337 e. The number of amides is 1. The van der Waals surface area contributed by atoms with Crippen molar-refractivity contribution in [1.82, 2.24) is 10.6 Å². The molecule has 6 nitrogen and oxygen atoms in total. The van der Waals surface area contributed by atoms with Gasteiger partial charge < -0.3 is 20.1 Å². The lowest BCUT2D eigenvalue weighted by Gasteiger charge is -2.25. The highest BCUT2D eigenvalue weighted by Crippen LogP contribution is 2.37. The Bertz CT molecular complexity index is 600. The van der Waals surface area contributed by atoms with Crippen LogP contribution in [0.5, 0.6) is 0 Å². The van der Waals surface area contributed by atoms with Crippen molar-refractivity contribution in [2.45, 2.75) is 38.0 Å². The Morgan fingerprint density at radius 1 is 1.38 bits per heavy atom. The van der Waals surface area contributed by atoms with Crippen LogP contribution in [-0.2, 0) is 20.8 Å². The molecule has 130 valence electrons. The zero-order valence-corrected chi connectivity index (χ0v) is 14.1. The summed E-state index contributed by atoms with van der Waals surface area (Å²) in [7, 11) is 1.35. The van der Waals surface area contributed by atoms with Crippen LogP contribution in [0.3, 0.4) is 0 Å². The van der Waals surface area contributed by atoms with Gasteiger partial charge in [-0.3, -0.25) is 4.79 Å². The molecule has 0 bridgehead atoms. The first-order valence-corrected chi connectivity index (χ1v) is 8.36. The molecule has 2 saturated heterocycles. The number of ether oxygens (including phenoxy) is 2. The van der Waals surface area contributed by atoms with E-state index in [0.717, 1.165) is 31.5 Å². The van der Waals surface area contributed by atoms with Gasteiger partial charge in [0.2, 0.25) is 0 Å². The van der Waals surface area contributed by atoms with E-state index in [1.807, 2.05) is 19.1 Å². The van der Waals surface area contributed by atoms with Gasteiger partial charge in [0.1, 0.15) is 5.60 Å². The molecule has 24 heavy (non-hydrogen) atoms. The highest BCUT2D eigenvalue weighted by molar-refractivity contribution is 5.89. The Morgan fingerprint density at radius 3 is 2.79 bits per heavy atom. The van der Waals surface area contributed by atoms with E-state index in [1.54, 1.807) is 12.1 Å². The number of nitrogens with one attached hydrogen (secondary N) is 2. The van der Waals surface area contributed by atoms with E-state index in [0.29, 0.717) is 18.0 Å². The Labute approximate surface area is 141 Å². The van der Waals surface area contributed by atoms with E-state index in [4.69, 9.17) is 4.74 Å². The minimum absolute atomic E-state index is 0.0751. The number of benzene rings is 1. The lowest BCUT2D eigenvalue weighted by molar-refractivity contribution is -0.144. The van der Waals surface area contributed by atoms with E-state index in [1.165, 1.54) is 7.11 Å². The van der Waals surface area contributed by atoms with Crippen LogP contribution in [0.2, 0.25) is 0 Å². The molecule has 1 aromatic carbocycles. The summed E-state index contributed by atoms with van der Waals surface area (Å²) in [5.41, 5.74) is 0.666. The van der Waals surface area contributed by atoms with Gasteiger partial charge >= 0.3 is 5.97 Å². The van der Waals surface area contributed by atoms with Crippen LogP contribution >= 0.6 is 0 Å². The van der Waals surface area contributed by atoms with Crippen LogP contribution in [0.1, 0.15) is 35.7 Å². The monoisotopic (exact) mass is 332 g/mol. The largest absolute Gasteiger partial charge is 0.465 e. The van der Waals surface area contributed by atoms with Crippen molar-refractivity contribution in [3.05, 3.63) is 35.4 Å². The second kappa shape index (κ2) is 6.91. The fourth-order valence-corrected chi connectivity index (χ4v) is 3.53. The molecule has 0 aromatic heterocycles. The number of carbonyl (C=O) groups is 2. The third-order valence-corrected chi connectivity index (χ3v) is 4.91. The molecule has 0 saturated carbocycles. The van der Waals surface area contributed by atoms with Crippen molar-refractivity contribution in [3.8, 4) is 0 Å². The third kappa shape index (κ3) is 3.44. The summed E-state index contributed by atoms with van der Waals surface area (Å²) in [6, 6.07) is 7.02. The summed E-state index contributed by atoms with van der Waals surface area (Å²) in [5, 5.41) is 6.31. The SMILES string of the molecule is COC(=O)c1ccc(CNC(=O)[C@@]2(C)C[C@@H]3CNCC[C@@H]3O2)cc1. The van der Waals surface area contributed by atoms with E-state index in [-0.39, 0.29) is 18.0 Å². The molecule has 0 aliphatic carbocycles. The second-order valence-electron chi connectivity index (χ2n) is 6.72. The highest BCUT2D eigenvalue weighted by Gasteiger charge is 2.48. The van der Waals surface area contributed by atoms with Gasteiger partial charge in [-0.1, -0.05) is 12.1 Å². The van der Waals surface area contributed by atoms with Gasteiger partial charge in [-0.05, 0) is 44.0 Å². The van der Waals surface area contributed by atoms with E-state index in [9.17, 15) is 9.59 Å². The molecule has 1 aromatic rings. The zero-order chi connectivity index (χ0) is 17.2. The maximum absolute atomic E-state index is 12.6. The molecule has 3 atom stereocenters. The number of rotatable bonds is 4. The van der Waals surface area contributed by atoms with E-state index in [2.05, 4.69) is 15.4 Å². The van der Waals surface area contributed by atoms with Crippen LogP contribution in [-0.4, -0.2) is 43.8 Å². The summed E-state index contributed by atoms with van der Waals surface area (Å²) in [6.45, 7) is 4.15. The first kappa shape index (κ1) is 16.9. The number of hydrogen-bond donors (Lipinski definition) is 2. The second-order valence-corrected chi connectivity index (χ2v) is 6.72.